The topological polar surface area (TPSA) is 89.2 Å². The van der Waals surface area contributed by atoms with Crippen molar-refractivity contribution in [2.45, 2.75) is 26.1 Å². The number of nitrogens with two attached hydrogens (primary N) is 1. The van der Waals surface area contributed by atoms with Gasteiger partial charge in [0.1, 0.15) is 0 Å². The maximum atomic E-state index is 14.0. The number of para-hydroxylation sites is 1. The summed E-state index contributed by atoms with van der Waals surface area (Å²) in [6, 6.07) is 23.4. The second-order valence-electron chi connectivity index (χ2n) is 8.90. The lowest BCUT2D eigenvalue weighted by molar-refractivity contribution is 0.0817. The number of rotatable bonds is 7. The molecule has 0 bridgehead atoms. The molecule has 36 heavy (non-hydrogen) atoms. The smallest absolute Gasteiger partial charge is 0.259 e. The number of anilines is 1. The number of amides is 1. The molecule has 3 aromatic carbocycles. The molecule has 3 aromatic rings. The highest BCUT2D eigenvalue weighted by Gasteiger charge is 2.32. The molecule has 7 heteroatoms. The van der Waals surface area contributed by atoms with Crippen molar-refractivity contribution in [3.8, 4) is 0 Å². The zero-order valence-electron chi connectivity index (χ0n) is 20.5. The standard InChI is InChI=1S/C29H30N4O3/c1-3-31-28-22-8-4-5-9-23(22)29(34)33(26-11-7-6-10-24(26)27(28)30)17-21-16-25(32-36-21)20-14-12-19(13-15-20)18-35-2/h4-15,21,31H,3,16-18,30H2,1-2H3/b28-27-. The maximum Gasteiger partial charge on any atom is 0.259 e. The molecule has 0 aromatic heterocycles. The first-order valence-corrected chi connectivity index (χ1v) is 12.2. The molecular weight excluding hydrogens is 452 g/mol. The fourth-order valence-corrected chi connectivity index (χ4v) is 4.77. The molecule has 1 atom stereocenters. The van der Waals surface area contributed by atoms with Crippen LogP contribution >= 0.6 is 0 Å². The van der Waals surface area contributed by atoms with Gasteiger partial charge in [0.2, 0.25) is 0 Å². The van der Waals surface area contributed by atoms with Crippen LogP contribution < -0.4 is 16.0 Å². The summed E-state index contributed by atoms with van der Waals surface area (Å²) < 4.78 is 5.20. The molecule has 2 aliphatic heterocycles. The lowest BCUT2D eigenvalue weighted by Crippen LogP contribution is -2.40. The van der Waals surface area contributed by atoms with E-state index in [2.05, 4.69) is 10.5 Å². The molecule has 2 heterocycles. The van der Waals surface area contributed by atoms with Crippen LogP contribution in [0.25, 0.3) is 11.4 Å². The highest BCUT2D eigenvalue weighted by atomic mass is 16.6. The van der Waals surface area contributed by atoms with E-state index in [1.54, 1.807) is 12.0 Å². The Bertz CT molecular complexity index is 1330. The van der Waals surface area contributed by atoms with Crippen LogP contribution in [0.15, 0.2) is 78.0 Å². The SMILES string of the molecule is CCN/C1=C(\N)c2ccccc2N(CC2CC(c3ccc(COC)cc3)=NO2)C(=O)c2ccccc21. The van der Waals surface area contributed by atoms with Crippen molar-refractivity contribution in [1.82, 2.24) is 5.32 Å². The molecule has 0 spiro atoms. The van der Waals surface area contributed by atoms with E-state index >= 15 is 0 Å². The summed E-state index contributed by atoms with van der Waals surface area (Å²) in [4.78, 5) is 21.6. The van der Waals surface area contributed by atoms with Crippen LogP contribution in [-0.4, -0.2) is 37.9 Å². The number of nitrogens with zero attached hydrogens (tertiary/aromatic N) is 2. The van der Waals surface area contributed by atoms with Crippen LogP contribution in [0.4, 0.5) is 5.69 Å². The Labute approximate surface area is 211 Å². The van der Waals surface area contributed by atoms with Gasteiger partial charge in [-0.05, 0) is 30.2 Å². The van der Waals surface area contributed by atoms with E-state index in [0.717, 1.165) is 39.3 Å². The highest BCUT2D eigenvalue weighted by molar-refractivity contribution is 6.13. The van der Waals surface area contributed by atoms with Crippen molar-refractivity contribution < 1.29 is 14.4 Å². The van der Waals surface area contributed by atoms with Gasteiger partial charge in [0.15, 0.2) is 6.10 Å². The highest BCUT2D eigenvalue weighted by Crippen LogP contribution is 2.35. The van der Waals surface area contributed by atoms with Crippen LogP contribution in [0.1, 0.15) is 46.0 Å². The minimum atomic E-state index is -0.277. The quantitative estimate of drug-likeness (QED) is 0.522. The number of ether oxygens (including phenoxy) is 1. The molecule has 0 saturated carbocycles. The van der Waals surface area contributed by atoms with Gasteiger partial charge in [0.05, 0.1) is 35.9 Å². The lowest BCUT2D eigenvalue weighted by atomic mass is 9.95. The maximum absolute atomic E-state index is 14.0. The third-order valence-electron chi connectivity index (χ3n) is 6.50. The normalized spacial score (nSPS) is 19.1. The summed E-state index contributed by atoms with van der Waals surface area (Å²) in [6.07, 6.45) is 0.325. The number of oxime groups is 1. The molecule has 0 aliphatic carbocycles. The van der Waals surface area contributed by atoms with Gasteiger partial charge in [-0.15, -0.1) is 0 Å². The van der Waals surface area contributed by atoms with Crippen molar-refractivity contribution in [1.29, 1.82) is 0 Å². The molecule has 0 saturated heterocycles. The monoisotopic (exact) mass is 482 g/mol. The molecule has 3 N–H and O–H groups in total. The van der Waals surface area contributed by atoms with Crippen LogP contribution in [0, 0.1) is 0 Å². The Morgan fingerprint density at radius 2 is 1.72 bits per heavy atom. The first-order chi connectivity index (χ1) is 17.6. The zero-order chi connectivity index (χ0) is 25.1. The Kier molecular flexibility index (Phi) is 6.73. The van der Waals surface area contributed by atoms with Gasteiger partial charge in [-0.3, -0.25) is 4.79 Å². The van der Waals surface area contributed by atoms with Crippen molar-refractivity contribution >= 4 is 28.7 Å². The van der Waals surface area contributed by atoms with Gasteiger partial charge >= 0.3 is 0 Å². The summed E-state index contributed by atoms with van der Waals surface area (Å²) in [5.74, 6) is -0.0954. The van der Waals surface area contributed by atoms with Crippen LogP contribution in [0.3, 0.4) is 0 Å². The minimum absolute atomic E-state index is 0.0954. The Balaban J connectivity index is 1.46. The average Bonchev–Trinajstić information content (AvgIpc) is 3.39. The molecule has 7 nitrogen and oxygen atoms in total. The van der Waals surface area contributed by atoms with Crippen LogP contribution in [0.5, 0.6) is 0 Å². The van der Waals surface area contributed by atoms with E-state index in [-0.39, 0.29) is 12.0 Å². The summed E-state index contributed by atoms with van der Waals surface area (Å²) in [5.41, 5.74) is 14.0. The van der Waals surface area contributed by atoms with Gasteiger partial charge < -0.3 is 25.5 Å². The predicted molar refractivity (Wildman–Crippen MR) is 142 cm³/mol. The molecule has 1 amide bonds. The number of benzene rings is 3. The molecule has 2 aliphatic rings. The average molecular weight is 483 g/mol. The van der Waals surface area contributed by atoms with Gasteiger partial charge in [-0.25, -0.2) is 0 Å². The number of hydrogen-bond donors (Lipinski definition) is 2. The molecule has 0 radical (unpaired) electrons. The van der Waals surface area contributed by atoms with E-state index < -0.39 is 0 Å². The minimum Gasteiger partial charge on any atom is -0.396 e. The van der Waals surface area contributed by atoms with Crippen molar-refractivity contribution in [3.05, 3.63) is 101 Å². The molecule has 184 valence electrons. The van der Waals surface area contributed by atoms with Gasteiger partial charge in [-0.1, -0.05) is 65.8 Å². The predicted octanol–water partition coefficient (Wildman–Crippen LogP) is 4.38. The zero-order valence-corrected chi connectivity index (χ0v) is 20.5. The van der Waals surface area contributed by atoms with E-state index in [9.17, 15) is 4.79 Å². The lowest BCUT2D eigenvalue weighted by Gasteiger charge is -2.31. The molecule has 5 rings (SSSR count). The Morgan fingerprint density at radius 1 is 1.03 bits per heavy atom. The van der Waals surface area contributed by atoms with Crippen molar-refractivity contribution in [2.75, 3.05) is 25.1 Å². The Morgan fingerprint density at radius 3 is 2.44 bits per heavy atom. The summed E-state index contributed by atoms with van der Waals surface area (Å²) >= 11 is 0. The third-order valence-corrected chi connectivity index (χ3v) is 6.50. The summed E-state index contributed by atoms with van der Waals surface area (Å²) in [5, 5.41) is 7.73. The second-order valence-corrected chi connectivity index (χ2v) is 8.90. The second kappa shape index (κ2) is 10.3. The first-order valence-electron chi connectivity index (χ1n) is 12.2. The first kappa shape index (κ1) is 23.6. The number of fused-ring (bicyclic) bond motifs is 2. The third kappa shape index (κ3) is 4.45. The number of nitrogens with one attached hydrogen (secondary N) is 1. The van der Waals surface area contributed by atoms with Gasteiger partial charge in [0.25, 0.3) is 5.91 Å². The largest absolute Gasteiger partial charge is 0.396 e. The fraction of sp³-hybridized carbons (Fsp3) is 0.241. The number of methoxy groups -OCH3 is 1. The number of carbonyl (C=O) groups is 1. The molecular formula is C29H30N4O3. The summed E-state index contributed by atoms with van der Waals surface area (Å²) in [6.45, 7) is 3.62. The van der Waals surface area contributed by atoms with E-state index in [1.165, 1.54) is 0 Å². The van der Waals surface area contributed by atoms with E-state index in [1.807, 2.05) is 79.7 Å². The Hall–Kier alpha value is -4.10. The van der Waals surface area contributed by atoms with Crippen molar-refractivity contribution in [3.63, 3.8) is 0 Å². The number of hydrogen-bond acceptors (Lipinski definition) is 6. The number of carbonyl (C=O) groups excluding carboxylic acids is 1. The van der Waals surface area contributed by atoms with Gasteiger partial charge in [0, 0.05) is 36.8 Å². The van der Waals surface area contributed by atoms with Crippen LogP contribution in [0.2, 0.25) is 0 Å². The fourth-order valence-electron chi connectivity index (χ4n) is 4.77. The molecule has 1 unspecified atom stereocenters. The van der Waals surface area contributed by atoms with Gasteiger partial charge in [-0.2, -0.15) is 0 Å². The summed E-state index contributed by atoms with van der Waals surface area (Å²) in [7, 11) is 1.68. The van der Waals surface area contributed by atoms with Crippen molar-refractivity contribution in [2.24, 2.45) is 10.9 Å². The van der Waals surface area contributed by atoms with Crippen LogP contribution in [-0.2, 0) is 16.2 Å². The molecule has 0 fully saturated rings. The van der Waals surface area contributed by atoms with E-state index in [0.29, 0.717) is 37.4 Å². The van der Waals surface area contributed by atoms with E-state index in [4.69, 9.17) is 15.3 Å².